The van der Waals surface area contributed by atoms with E-state index in [9.17, 15) is 19.7 Å². The predicted molar refractivity (Wildman–Crippen MR) is 106 cm³/mol. The molecule has 1 saturated carbocycles. The number of carbonyl (C=O) groups is 2. The number of benzene rings is 1. The molecule has 0 aromatic heterocycles. The zero-order chi connectivity index (χ0) is 21.1. The molecule has 0 spiro atoms. The Morgan fingerprint density at radius 1 is 1.13 bits per heavy atom. The first-order valence-electron chi connectivity index (χ1n) is 10.4. The number of hydrogen-bond acceptors (Lipinski definition) is 7. The van der Waals surface area contributed by atoms with E-state index in [1.165, 1.54) is 6.07 Å². The first-order valence-corrected chi connectivity index (χ1v) is 10.4. The number of rotatable bonds is 6. The third-order valence-corrected chi connectivity index (χ3v) is 6.08. The van der Waals surface area contributed by atoms with Crippen molar-refractivity contribution in [2.75, 3.05) is 33.0 Å². The SMILES string of the molecule is O=CN1CCN([C@@H](C(=O)NC2CCCCC2)c2cc3c(cc2[N+](=O)[O-])OCO3)CC1. The second kappa shape index (κ2) is 8.86. The van der Waals surface area contributed by atoms with Crippen LogP contribution in [-0.2, 0) is 9.59 Å². The summed E-state index contributed by atoms with van der Waals surface area (Å²) in [6, 6.07) is 2.13. The number of nitrogens with one attached hydrogen (secondary N) is 1. The van der Waals surface area contributed by atoms with Gasteiger partial charge in [-0.25, -0.2) is 0 Å². The van der Waals surface area contributed by atoms with Gasteiger partial charge in [-0.15, -0.1) is 0 Å². The van der Waals surface area contributed by atoms with Crippen LogP contribution in [0.3, 0.4) is 0 Å². The van der Waals surface area contributed by atoms with E-state index >= 15 is 0 Å². The minimum absolute atomic E-state index is 0.00706. The van der Waals surface area contributed by atoms with Crippen LogP contribution in [0.4, 0.5) is 5.69 Å². The highest BCUT2D eigenvalue weighted by molar-refractivity contribution is 5.85. The molecular formula is C20H26N4O6. The Morgan fingerprint density at radius 2 is 1.80 bits per heavy atom. The summed E-state index contributed by atoms with van der Waals surface area (Å²) in [6.07, 6.45) is 5.92. The highest BCUT2D eigenvalue weighted by Gasteiger charge is 2.37. The molecule has 0 bridgehead atoms. The average molecular weight is 418 g/mol. The number of ether oxygens (including phenoxy) is 2. The standard InChI is InChI=1S/C20H26N4O6/c25-12-22-6-8-23(9-7-22)19(20(26)21-14-4-2-1-3-5-14)15-10-17-18(30-13-29-17)11-16(15)24(27)28/h10-12,14,19H,1-9,13H2,(H,21,26)/t19-/m1/s1. The summed E-state index contributed by atoms with van der Waals surface area (Å²) < 4.78 is 10.7. The Kier molecular flexibility index (Phi) is 6.03. The lowest BCUT2D eigenvalue weighted by molar-refractivity contribution is -0.386. The highest BCUT2D eigenvalue weighted by Crippen LogP contribution is 2.42. The number of nitrogens with zero attached hydrogens (tertiary/aromatic N) is 3. The maximum atomic E-state index is 13.4. The van der Waals surface area contributed by atoms with Crippen LogP contribution in [0.25, 0.3) is 0 Å². The largest absolute Gasteiger partial charge is 0.454 e. The molecule has 10 nitrogen and oxygen atoms in total. The molecule has 2 aliphatic heterocycles. The molecule has 2 heterocycles. The molecule has 3 aliphatic rings. The van der Waals surface area contributed by atoms with E-state index in [0.29, 0.717) is 37.7 Å². The summed E-state index contributed by atoms with van der Waals surface area (Å²) in [5, 5.41) is 14.9. The minimum atomic E-state index is -0.837. The van der Waals surface area contributed by atoms with Crippen LogP contribution in [0.2, 0.25) is 0 Å². The molecule has 2 fully saturated rings. The highest BCUT2D eigenvalue weighted by atomic mass is 16.7. The van der Waals surface area contributed by atoms with Crippen molar-refractivity contribution in [2.24, 2.45) is 0 Å². The van der Waals surface area contributed by atoms with Crippen LogP contribution < -0.4 is 14.8 Å². The molecule has 1 N–H and O–H groups in total. The fraction of sp³-hybridized carbons (Fsp3) is 0.600. The van der Waals surface area contributed by atoms with Crippen molar-refractivity contribution in [3.8, 4) is 11.5 Å². The quantitative estimate of drug-likeness (QED) is 0.424. The third kappa shape index (κ3) is 4.18. The van der Waals surface area contributed by atoms with Gasteiger partial charge in [0.1, 0.15) is 6.04 Å². The molecule has 1 aliphatic carbocycles. The van der Waals surface area contributed by atoms with Gasteiger partial charge in [0, 0.05) is 32.2 Å². The van der Waals surface area contributed by atoms with E-state index in [4.69, 9.17) is 9.47 Å². The van der Waals surface area contributed by atoms with E-state index in [1.807, 2.05) is 4.90 Å². The van der Waals surface area contributed by atoms with Crippen LogP contribution in [-0.4, -0.2) is 66.1 Å². The van der Waals surface area contributed by atoms with E-state index < -0.39 is 11.0 Å². The Bertz CT molecular complexity index is 818. The van der Waals surface area contributed by atoms with Gasteiger partial charge >= 0.3 is 0 Å². The van der Waals surface area contributed by atoms with E-state index in [-0.39, 0.29) is 30.0 Å². The molecule has 1 aromatic carbocycles. The van der Waals surface area contributed by atoms with Crippen LogP contribution >= 0.6 is 0 Å². The normalized spacial score (nSPS) is 20.6. The first-order chi connectivity index (χ1) is 14.6. The molecule has 1 atom stereocenters. The Labute approximate surface area is 174 Å². The number of nitro benzene ring substituents is 1. The van der Waals surface area contributed by atoms with Crippen molar-refractivity contribution >= 4 is 18.0 Å². The number of hydrogen-bond donors (Lipinski definition) is 1. The summed E-state index contributed by atoms with van der Waals surface area (Å²) in [6.45, 7) is 1.83. The second-order valence-electron chi connectivity index (χ2n) is 7.94. The maximum Gasteiger partial charge on any atom is 0.278 e. The van der Waals surface area contributed by atoms with E-state index in [1.54, 1.807) is 11.0 Å². The van der Waals surface area contributed by atoms with Crippen LogP contribution in [0.1, 0.15) is 43.7 Å². The van der Waals surface area contributed by atoms with Gasteiger partial charge in [-0.3, -0.25) is 24.6 Å². The molecule has 10 heteroatoms. The monoisotopic (exact) mass is 418 g/mol. The van der Waals surface area contributed by atoms with Crippen LogP contribution in [0.15, 0.2) is 12.1 Å². The first kappa shape index (κ1) is 20.4. The van der Waals surface area contributed by atoms with Gasteiger partial charge < -0.3 is 19.7 Å². The Hall–Kier alpha value is -2.88. The van der Waals surface area contributed by atoms with Gasteiger partial charge in [0.25, 0.3) is 5.69 Å². The summed E-state index contributed by atoms with van der Waals surface area (Å²) in [5.41, 5.74) is 0.123. The van der Waals surface area contributed by atoms with Crippen LogP contribution in [0, 0.1) is 10.1 Å². The average Bonchev–Trinajstić information content (AvgIpc) is 3.22. The van der Waals surface area contributed by atoms with E-state index in [0.717, 1.165) is 38.5 Å². The van der Waals surface area contributed by atoms with Gasteiger partial charge in [0.2, 0.25) is 19.1 Å². The molecule has 4 rings (SSSR count). The fourth-order valence-electron chi connectivity index (χ4n) is 4.46. The smallest absolute Gasteiger partial charge is 0.278 e. The minimum Gasteiger partial charge on any atom is -0.454 e. The van der Waals surface area contributed by atoms with E-state index in [2.05, 4.69) is 5.32 Å². The van der Waals surface area contributed by atoms with Gasteiger partial charge in [0.05, 0.1) is 16.6 Å². The summed E-state index contributed by atoms with van der Waals surface area (Å²) in [5.74, 6) is 0.462. The van der Waals surface area contributed by atoms with Crippen molar-refractivity contribution in [1.29, 1.82) is 0 Å². The lowest BCUT2D eigenvalue weighted by Gasteiger charge is -2.38. The Balaban J connectivity index is 1.67. The maximum absolute atomic E-state index is 13.4. The molecule has 0 radical (unpaired) electrons. The number of piperazine rings is 1. The Morgan fingerprint density at radius 3 is 2.43 bits per heavy atom. The van der Waals surface area contributed by atoms with Crippen molar-refractivity contribution in [3.05, 3.63) is 27.8 Å². The summed E-state index contributed by atoms with van der Waals surface area (Å²) in [7, 11) is 0. The van der Waals surface area contributed by atoms with Crippen molar-refractivity contribution in [3.63, 3.8) is 0 Å². The molecule has 2 amide bonds. The lowest BCUT2D eigenvalue weighted by atomic mass is 9.94. The zero-order valence-corrected chi connectivity index (χ0v) is 16.7. The number of fused-ring (bicyclic) bond motifs is 1. The zero-order valence-electron chi connectivity index (χ0n) is 16.7. The van der Waals surface area contributed by atoms with Crippen LogP contribution in [0.5, 0.6) is 11.5 Å². The molecule has 0 unspecified atom stereocenters. The molecule has 162 valence electrons. The molecule has 1 aromatic rings. The van der Waals surface area contributed by atoms with Gasteiger partial charge in [-0.2, -0.15) is 0 Å². The topological polar surface area (TPSA) is 114 Å². The summed E-state index contributed by atoms with van der Waals surface area (Å²) >= 11 is 0. The molecule has 30 heavy (non-hydrogen) atoms. The molecule has 1 saturated heterocycles. The van der Waals surface area contributed by atoms with Crippen molar-refractivity contribution < 1.29 is 24.0 Å². The number of carbonyl (C=O) groups excluding carboxylic acids is 2. The summed E-state index contributed by atoms with van der Waals surface area (Å²) in [4.78, 5) is 39.4. The lowest BCUT2D eigenvalue weighted by Crippen LogP contribution is -2.52. The van der Waals surface area contributed by atoms with Gasteiger partial charge in [0.15, 0.2) is 11.5 Å². The molecular weight excluding hydrogens is 392 g/mol. The second-order valence-corrected chi connectivity index (χ2v) is 7.94. The third-order valence-electron chi connectivity index (χ3n) is 6.08. The van der Waals surface area contributed by atoms with Gasteiger partial charge in [-0.05, 0) is 18.9 Å². The number of amides is 2. The van der Waals surface area contributed by atoms with Crippen molar-refractivity contribution in [1.82, 2.24) is 15.1 Å². The predicted octanol–water partition coefficient (Wildman–Crippen LogP) is 1.59. The number of nitro groups is 1. The van der Waals surface area contributed by atoms with Gasteiger partial charge in [-0.1, -0.05) is 19.3 Å². The van der Waals surface area contributed by atoms with Crippen molar-refractivity contribution in [2.45, 2.75) is 44.2 Å². The fourth-order valence-corrected chi connectivity index (χ4v) is 4.46.